The van der Waals surface area contributed by atoms with E-state index in [2.05, 4.69) is 5.32 Å². The molecule has 0 heterocycles. The van der Waals surface area contributed by atoms with E-state index in [4.69, 9.17) is 5.11 Å². The maximum Gasteiger partial charge on any atom is 0.335 e. The fraction of sp³-hybridized carbons (Fsp3) is 0.467. The highest BCUT2D eigenvalue weighted by Crippen LogP contribution is 2.06. The number of carboxylic acid groups (broad SMARTS) is 1. The summed E-state index contributed by atoms with van der Waals surface area (Å²) in [7, 11) is 0. The van der Waals surface area contributed by atoms with E-state index in [0.29, 0.717) is 13.1 Å². The standard InChI is InChI=1S/C15H22N2O3/c1-4-8-17(11(2)3)15(20)16-10-12-6-5-7-13(9-12)14(18)19/h5-7,9,11H,4,8,10H2,1-3H3,(H,16,20)(H,18,19). The number of carboxylic acids is 1. The zero-order valence-corrected chi connectivity index (χ0v) is 12.2. The second-order valence-electron chi connectivity index (χ2n) is 4.95. The summed E-state index contributed by atoms with van der Waals surface area (Å²) in [6.45, 7) is 7.01. The van der Waals surface area contributed by atoms with Crippen molar-refractivity contribution in [2.75, 3.05) is 6.54 Å². The molecule has 0 aliphatic heterocycles. The highest BCUT2D eigenvalue weighted by molar-refractivity contribution is 5.87. The van der Waals surface area contributed by atoms with Gasteiger partial charge in [0, 0.05) is 19.1 Å². The molecule has 2 N–H and O–H groups in total. The Bertz CT molecular complexity index is 472. The van der Waals surface area contributed by atoms with Gasteiger partial charge in [0.1, 0.15) is 0 Å². The normalized spacial score (nSPS) is 10.4. The largest absolute Gasteiger partial charge is 0.478 e. The number of aromatic carboxylic acids is 1. The number of amides is 2. The molecule has 0 unspecified atom stereocenters. The molecule has 0 aliphatic rings. The SMILES string of the molecule is CCCN(C(=O)NCc1cccc(C(=O)O)c1)C(C)C. The van der Waals surface area contributed by atoms with E-state index in [0.717, 1.165) is 12.0 Å². The molecule has 0 radical (unpaired) electrons. The Kier molecular flexibility index (Phi) is 6.03. The molecular formula is C15H22N2O3. The van der Waals surface area contributed by atoms with Crippen molar-refractivity contribution in [2.24, 2.45) is 0 Å². The lowest BCUT2D eigenvalue weighted by molar-refractivity contribution is 0.0696. The highest BCUT2D eigenvalue weighted by Gasteiger charge is 2.15. The van der Waals surface area contributed by atoms with E-state index in [-0.39, 0.29) is 17.6 Å². The van der Waals surface area contributed by atoms with Crippen LogP contribution in [-0.4, -0.2) is 34.6 Å². The molecule has 0 fully saturated rings. The second kappa shape index (κ2) is 7.53. The Morgan fingerprint density at radius 1 is 1.35 bits per heavy atom. The van der Waals surface area contributed by atoms with Gasteiger partial charge in [-0.3, -0.25) is 0 Å². The molecule has 0 spiro atoms. The van der Waals surface area contributed by atoms with Gasteiger partial charge in [-0.05, 0) is 38.0 Å². The van der Waals surface area contributed by atoms with Crippen molar-refractivity contribution in [2.45, 2.75) is 39.8 Å². The Balaban J connectivity index is 2.64. The van der Waals surface area contributed by atoms with Gasteiger partial charge < -0.3 is 15.3 Å². The summed E-state index contributed by atoms with van der Waals surface area (Å²) in [5, 5.41) is 11.7. The van der Waals surface area contributed by atoms with Gasteiger partial charge in [0.05, 0.1) is 5.56 Å². The molecule has 0 aromatic heterocycles. The molecular weight excluding hydrogens is 256 g/mol. The minimum absolute atomic E-state index is 0.123. The summed E-state index contributed by atoms with van der Waals surface area (Å²) in [5.74, 6) is -0.965. The summed E-state index contributed by atoms with van der Waals surface area (Å²) in [6, 6.07) is 6.60. The fourth-order valence-corrected chi connectivity index (χ4v) is 1.93. The predicted molar refractivity (Wildman–Crippen MR) is 77.8 cm³/mol. The minimum Gasteiger partial charge on any atom is -0.478 e. The second-order valence-corrected chi connectivity index (χ2v) is 4.95. The average Bonchev–Trinajstić information content (AvgIpc) is 2.42. The Morgan fingerprint density at radius 2 is 2.05 bits per heavy atom. The lowest BCUT2D eigenvalue weighted by Crippen LogP contribution is -2.44. The third kappa shape index (κ3) is 4.57. The molecule has 5 heteroatoms. The lowest BCUT2D eigenvalue weighted by atomic mass is 10.1. The van der Waals surface area contributed by atoms with Crippen molar-refractivity contribution < 1.29 is 14.7 Å². The van der Waals surface area contributed by atoms with Gasteiger partial charge in [-0.15, -0.1) is 0 Å². The maximum atomic E-state index is 12.1. The highest BCUT2D eigenvalue weighted by atomic mass is 16.4. The molecule has 2 amide bonds. The van der Waals surface area contributed by atoms with E-state index in [1.165, 1.54) is 6.07 Å². The van der Waals surface area contributed by atoms with Crippen LogP contribution in [0.2, 0.25) is 0 Å². The number of carbonyl (C=O) groups excluding carboxylic acids is 1. The molecule has 0 atom stereocenters. The summed E-state index contributed by atoms with van der Waals surface area (Å²) >= 11 is 0. The van der Waals surface area contributed by atoms with E-state index in [9.17, 15) is 9.59 Å². The summed E-state index contributed by atoms with van der Waals surface area (Å²) in [4.78, 5) is 24.7. The molecule has 20 heavy (non-hydrogen) atoms. The summed E-state index contributed by atoms with van der Waals surface area (Å²) in [5.41, 5.74) is 1.00. The third-order valence-electron chi connectivity index (χ3n) is 2.97. The van der Waals surface area contributed by atoms with Crippen LogP contribution in [0.15, 0.2) is 24.3 Å². The molecule has 1 rings (SSSR count). The lowest BCUT2D eigenvalue weighted by Gasteiger charge is -2.26. The molecule has 1 aromatic carbocycles. The zero-order valence-electron chi connectivity index (χ0n) is 12.2. The molecule has 110 valence electrons. The molecule has 5 nitrogen and oxygen atoms in total. The third-order valence-corrected chi connectivity index (χ3v) is 2.97. The van der Waals surface area contributed by atoms with E-state index in [1.807, 2.05) is 20.8 Å². The first-order chi connectivity index (χ1) is 9.45. The fourth-order valence-electron chi connectivity index (χ4n) is 1.93. The monoisotopic (exact) mass is 278 g/mol. The van der Waals surface area contributed by atoms with Gasteiger partial charge in [0.15, 0.2) is 0 Å². The van der Waals surface area contributed by atoms with Crippen LogP contribution < -0.4 is 5.32 Å². The first-order valence-corrected chi connectivity index (χ1v) is 6.82. The van der Waals surface area contributed by atoms with Crippen LogP contribution in [0, 0.1) is 0 Å². The Morgan fingerprint density at radius 3 is 2.60 bits per heavy atom. The number of hydrogen-bond donors (Lipinski definition) is 2. The van der Waals surface area contributed by atoms with Crippen molar-refractivity contribution in [3.05, 3.63) is 35.4 Å². The van der Waals surface area contributed by atoms with Gasteiger partial charge in [-0.25, -0.2) is 9.59 Å². The maximum absolute atomic E-state index is 12.1. The van der Waals surface area contributed by atoms with E-state index in [1.54, 1.807) is 23.1 Å². The number of rotatable bonds is 6. The molecule has 0 saturated carbocycles. The van der Waals surface area contributed by atoms with Crippen molar-refractivity contribution in [1.82, 2.24) is 10.2 Å². The molecule has 1 aromatic rings. The minimum atomic E-state index is -0.965. The predicted octanol–water partition coefficient (Wildman–Crippen LogP) is 2.71. The van der Waals surface area contributed by atoms with Gasteiger partial charge in [-0.2, -0.15) is 0 Å². The van der Waals surface area contributed by atoms with Crippen LogP contribution in [0.1, 0.15) is 43.1 Å². The van der Waals surface area contributed by atoms with Crippen LogP contribution in [0.4, 0.5) is 4.79 Å². The van der Waals surface area contributed by atoms with Crippen LogP contribution in [0.25, 0.3) is 0 Å². The first kappa shape index (κ1) is 16.0. The molecule has 0 saturated heterocycles. The van der Waals surface area contributed by atoms with Crippen LogP contribution in [0.3, 0.4) is 0 Å². The van der Waals surface area contributed by atoms with Crippen molar-refractivity contribution in [1.29, 1.82) is 0 Å². The molecule has 0 bridgehead atoms. The number of nitrogens with one attached hydrogen (secondary N) is 1. The number of nitrogens with zero attached hydrogens (tertiary/aromatic N) is 1. The van der Waals surface area contributed by atoms with E-state index < -0.39 is 5.97 Å². The van der Waals surface area contributed by atoms with Crippen molar-refractivity contribution in [3.8, 4) is 0 Å². The van der Waals surface area contributed by atoms with Gasteiger partial charge in [0.2, 0.25) is 0 Å². The van der Waals surface area contributed by atoms with Crippen LogP contribution >= 0.6 is 0 Å². The number of hydrogen-bond acceptors (Lipinski definition) is 2. The van der Waals surface area contributed by atoms with Gasteiger partial charge in [-0.1, -0.05) is 19.1 Å². The Labute approximate surface area is 119 Å². The Hall–Kier alpha value is -2.04. The summed E-state index contributed by atoms with van der Waals surface area (Å²) < 4.78 is 0. The zero-order chi connectivity index (χ0) is 15.1. The smallest absolute Gasteiger partial charge is 0.335 e. The van der Waals surface area contributed by atoms with Gasteiger partial charge in [0.25, 0.3) is 0 Å². The van der Waals surface area contributed by atoms with Crippen LogP contribution in [0.5, 0.6) is 0 Å². The van der Waals surface area contributed by atoms with E-state index >= 15 is 0 Å². The quantitative estimate of drug-likeness (QED) is 0.840. The topological polar surface area (TPSA) is 69.6 Å². The summed E-state index contributed by atoms with van der Waals surface area (Å²) in [6.07, 6.45) is 0.903. The van der Waals surface area contributed by atoms with Crippen molar-refractivity contribution >= 4 is 12.0 Å². The number of benzene rings is 1. The number of carbonyl (C=O) groups is 2. The molecule has 0 aliphatic carbocycles. The number of urea groups is 1. The first-order valence-electron chi connectivity index (χ1n) is 6.82. The van der Waals surface area contributed by atoms with Crippen LogP contribution in [-0.2, 0) is 6.54 Å². The van der Waals surface area contributed by atoms with Gasteiger partial charge >= 0.3 is 12.0 Å². The van der Waals surface area contributed by atoms with Crippen molar-refractivity contribution in [3.63, 3.8) is 0 Å². The average molecular weight is 278 g/mol.